The molecule has 7 aromatic rings. The molecule has 7 rings (SSSR count). The summed E-state index contributed by atoms with van der Waals surface area (Å²) in [6.45, 7) is 0. The van der Waals surface area contributed by atoms with Crippen LogP contribution in [0.25, 0.3) is 0 Å². The summed E-state index contributed by atoms with van der Waals surface area (Å²) in [4.78, 5) is 53.5. The molecule has 0 spiro atoms. The van der Waals surface area contributed by atoms with Gasteiger partial charge in [-0.1, -0.05) is 212 Å². The van der Waals surface area contributed by atoms with Crippen molar-refractivity contribution in [2.24, 2.45) is 0 Å². The van der Waals surface area contributed by atoms with E-state index in [0.29, 0.717) is 33.4 Å². The van der Waals surface area contributed by atoms with Gasteiger partial charge in [0.05, 0.1) is 0 Å². The Balaban J connectivity index is 0.000000229. The molecule has 68 heavy (non-hydrogen) atoms. The number of hydrogen-bond donors (Lipinski definition) is 10. The van der Waals surface area contributed by atoms with Crippen LogP contribution in [-0.4, -0.2) is 87.0 Å². The second-order valence-corrected chi connectivity index (χ2v) is 14.3. The SMILES string of the molecule is O=C(O)C(O)(c1ccccc1)c1ccccc1.O=C(O)C(O)(c1ccccc1)c1ccccc1.O=C(O)C(O)Cc1ccccc1.O=C(O)C(O)c1ccccc1.O=C(O)C(O)c1ccccc1. The summed E-state index contributed by atoms with van der Waals surface area (Å²) in [6, 6.07) is 59.0. The third-order valence-electron chi connectivity index (χ3n) is 9.64. The molecule has 0 saturated heterocycles. The predicted octanol–water partition coefficient (Wildman–Crippen LogP) is 6.30. The second-order valence-electron chi connectivity index (χ2n) is 14.3. The maximum Gasteiger partial charge on any atom is 0.345 e. The van der Waals surface area contributed by atoms with E-state index in [2.05, 4.69) is 0 Å². The number of hydrogen-bond acceptors (Lipinski definition) is 10. The Morgan fingerprint density at radius 1 is 0.338 bits per heavy atom. The molecule has 0 saturated carbocycles. The quantitative estimate of drug-likeness (QED) is 0.0607. The Hall–Kier alpha value is -8.31. The minimum atomic E-state index is -2.00. The first-order valence-electron chi connectivity index (χ1n) is 20.4. The van der Waals surface area contributed by atoms with E-state index in [1.165, 1.54) is 0 Å². The summed E-state index contributed by atoms with van der Waals surface area (Å²) in [5.41, 5.74) is -0.979. The van der Waals surface area contributed by atoms with Crippen LogP contribution in [0.2, 0.25) is 0 Å². The summed E-state index contributed by atoms with van der Waals surface area (Å²) in [6.07, 6.45) is -3.95. The Bertz CT molecular complexity index is 2350. The van der Waals surface area contributed by atoms with E-state index in [1.807, 2.05) is 18.2 Å². The monoisotopic (exact) mass is 926 g/mol. The molecule has 0 aromatic heterocycles. The first kappa shape index (κ1) is 54.0. The predicted molar refractivity (Wildman–Crippen MR) is 249 cm³/mol. The molecule has 0 aliphatic rings. The fourth-order valence-electron chi connectivity index (χ4n) is 6.03. The van der Waals surface area contributed by atoms with Crippen molar-refractivity contribution in [3.05, 3.63) is 251 Å². The third kappa shape index (κ3) is 16.0. The van der Waals surface area contributed by atoms with Gasteiger partial charge in [-0.2, -0.15) is 0 Å². The van der Waals surface area contributed by atoms with Crippen molar-refractivity contribution in [2.45, 2.75) is 35.9 Å². The van der Waals surface area contributed by atoms with E-state index in [4.69, 9.17) is 30.6 Å². The maximum atomic E-state index is 11.4. The van der Waals surface area contributed by atoms with Gasteiger partial charge in [0.2, 0.25) is 11.2 Å². The molecule has 0 heterocycles. The standard InChI is InChI=1S/2C14H12O3.C9H10O3.2C8H8O3/c2*15-13(16)14(17,11-7-3-1-4-8-11)12-9-5-2-6-10-12;10-8(9(11)12)6-7-4-2-1-3-5-7;2*9-7(8(10)11)6-4-2-1-3-5-6/h2*1-10,17H,(H,15,16);1-5,8,10H,6H2,(H,11,12);2*1-5,7,9H,(H,10,11). The smallest absolute Gasteiger partial charge is 0.345 e. The Kier molecular flexibility index (Phi) is 21.6. The first-order chi connectivity index (χ1) is 32.4. The maximum absolute atomic E-state index is 11.4. The Labute approximate surface area is 391 Å². The molecule has 0 radical (unpaired) electrons. The largest absolute Gasteiger partial charge is 0.479 e. The number of aliphatic carboxylic acids is 5. The lowest BCUT2D eigenvalue weighted by Gasteiger charge is -2.24. The van der Waals surface area contributed by atoms with Gasteiger partial charge in [0.15, 0.2) is 18.3 Å². The highest BCUT2D eigenvalue weighted by Crippen LogP contribution is 2.31. The molecule has 15 nitrogen and oxygen atoms in total. The van der Waals surface area contributed by atoms with Gasteiger partial charge >= 0.3 is 29.8 Å². The average molecular weight is 927 g/mol. The van der Waals surface area contributed by atoms with E-state index in [1.54, 1.807) is 194 Å². The average Bonchev–Trinajstić information content (AvgIpc) is 3.37. The van der Waals surface area contributed by atoms with Gasteiger partial charge in [-0.15, -0.1) is 0 Å². The van der Waals surface area contributed by atoms with Gasteiger partial charge in [-0.25, -0.2) is 24.0 Å². The number of carboxylic acid groups (broad SMARTS) is 5. The lowest BCUT2D eigenvalue weighted by atomic mass is 9.86. The fourth-order valence-corrected chi connectivity index (χ4v) is 6.03. The minimum Gasteiger partial charge on any atom is -0.479 e. The molecule has 0 bridgehead atoms. The molecule has 0 aliphatic heterocycles. The highest BCUT2D eigenvalue weighted by atomic mass is 16.4. The zero-order valence-corrected chi connectivity index (χ0v) is 36.2. The summed E-state index contributed by atoms with van der Waals surface area (Å²) in [5.74, 6) is -6.20. The van der Waals surface area contributed by atoms with Gasteiger partial charge in [0.25, 0.3) is 0 Å². The lowest BCUT2D eigenvalue weighted by Crippen LogP contribution is -2.36. The van der Waals surface area contributed by atoms with Crippen molar-refractivity contribution in [3.63, 3.8) is 0 Å². The summed E-state index contributed by atoms with van der Waals surface area (Å²) >= 11 is 0. The molecule has 15 heteroatoms. The summed E-state index contributed by atoms with van der Waals surface area (Å²) in [5, 5.41) is 91.6. The molecule has 0 amide bonds. The topological polar surface area (TPSA) is 288 Å². The molecular weight excluding hydrogens is 877 g/mol. The van der Waals surface area contributed by atoms with Gasteiger partial charge in [-0.3, -0.25) is 0 Å². The van der Waals surface area contributed by atoms with E-state index < -0.39 is 59.4 Å². The zero-order chi connectivity index (χ0) is 50.1. The van der Waals surface area contributed by atoms with Crippen LogP contribution in [-0.2, 0) is 41.6 Å². The van der Waals surface area contributed by atoms with Crippen molar-refractivity contribution in [1.82, 2.24) is 0 Å². The molecule has 3 unspecified atom stereocenters. The van der Waals surface area contributed by atoms with Crippen LogP contribution < -0.4 is 0 Å². The van der Waals surface area contributed by atoms with E-state index in [0.717, 1.165) is 5.56 Å². The molecule has 0 aliphatic carbocycles. The summed E-state index contributed by atoms with van der Waals surface area (Å²) in [7, 11) is 0. The number of rotatable bonds is 13. The van der Waals surface area contributed by atoms with E-state index in [9.17, 15) is 44.4 Å². The highest BCUT2D eigenvalue weighted by molar-refractivity contribution is 5.84. The number of aliphatic hydroxyl groups excluding tert-OH is 3. The molecule has 0 fully saturated rings. The number of carbonyl (C=O) groups is 5. The van der Waals surface area contributed by atoms with Crippen molar-refractivity contribution in [3.8, 4) is 0 Å². The third-order valence-corrected chi connectivity index (χ3v) is 9.64. The minimum absolute atomic E-state index is 0.163. The van der Waals surface area contributed by atoms with Crippen molar-refractivity contribution >= 4 is 29.8 Å². The summed E-state index contributed by atoms with van der Waals surface area (Å²) < 4.78 is 0. The second kappa shape index (κ2) is 27.2. The van der Waals surface area contributed by atoms with Crippen LogP contribution in [0.15, 0.2) is 212 Å². The van der Waals surface area contributed by atoms with Gasteiger partial charge in [-0.05, 0) is 38.9 Å². The first-order valence-corrected chi connectivity index (χ1v) is 20.4. The molecule has 352 valence electrons. The van der Waals surface area contributed by atoms with Crippen LogP contribution in [0.5, 0.6) is 0 Å². The van der Waals surface area contributed by atoms with Crippen molar-refractivity contribution in [1.29, 1.82) is 0 Å². The lowest BCUT2D eigenvalue weighted by molar-refractivity contribution is -0.155. The van der Waals surface area contributed by atoms with Crippen LogP contribution in [0.3, 0.4) is 0 Å². The van der Waals surface area contributed by atoms with Gasteiger partial charge < -0.3 is 51.1 Å². The van der Waals surface area contributed by atoms with Crippen LogP contribution in [0, 0.1) is 0 Å². The van der Waals surface area contributed by atoms with Gasteiger partial charge in [0.1, 0.15) is 0 Å². The highest BCUT2D eigenvalue weighted by Gasteiger charge is 2.40. The van der Waals surface area contributed by atoms with Crippen LogP contribution >= 0.6 is 0 Å². The van der Waals surface area contributed by atoms with E-state index in [-0.39, 0.29) is 6.42 Å². The van der Waals surface area contributed by atoms with Crippen molar-refractivity contribution in [2.75, 3.05) is 0 Å². The fraction of sp³-hybridized carbons (Fsp3) is 0.113. The van der Waals surface area contributed by atoms with Crippen LogP contribution in [0.1, 0.15) is 51.2 Å². The number of aliphatic hydroxyl groups is 5. The molecular formula is C53H50O15. The van der Waals surface area contributed by atoms with Gasteiger partial charge in [0, 0.05) is 6.42 Å². The Morgan fingerprint density at radius 3 is 0.765 bits per heavy atom. The number of carboxylic acids is 5. The van der Waals surface area contributed by atoms with E-state index >= 15 is 0 Å². The molecule has 10 N–H and O–H groups in total. The van der Waals surface area contributed by atoms with Crippen molar-refractivity contribution < 1.29 is 75.0 Å². The molecule has 3 atom stereocenters. The normalized spacial score (nSPS) is 11.8. The zero-order valence-electron chi connectivity index (χ0n) is 36.2. The Morgan fingerprint density at radius 2 is 0.559 bits per heavy atom. The molecule has 7 aromatic carbocycles. The van der Waals surface area contributed by atoms with Crippen LogP contribution in [0.4, 0.5) is 0 Å². The number of benzene rings is 7.